The van der Waals surface area contributed by atoms with Crippen molar-refractivity contribution in [2.45, 2.75) is 77.7 Å². The number of benzene rings is 6. The Labute approximate surface area is 391 Å². The third-order valence-corrected chi connectivity index (χ3v) is 14.2. The van der Waals surface area contributed by atoms with Crippen LogP contribution in [0, 0.1) is 0 Å². The van der Waals surface area contributed by atoms with E-state index in [0.29, 0.717) is 26.9 Å². The molecule has 6 aromatic rings. The third-order valence-electron chi connectivity index (χ3n) is 14.2. The number of anilines is 1. The predicted octanol–water partition coefficient (Wildman–Crippen LogP) is 11.3. The molecule has 0 spiro atoms. The van der Waals surface area contributed by atoms with Gasteiger partial charge in [0.15, 0.2) is 6.73 Å². The lowest BCUT2D eigenvalue weighted by Crippen LogP contribution is -2.33. The van der Waals surface area contributed by atoms with E-state index < -0.39 is 0 Å². The highest BCUT2D eigenvalue weighted by molar-refractivity contribution is 5.54. The fraction of sp³-hybridized carbons (Fsp3) is 0.310. The van der Waals surface area contributed by atoms with Gasteiger partial charge in [0.05, 0.1) is 0 Å². The lowest BCUT2D eigenvalue weighted by molar-refractivity contribution is 0.0886. The minimum absolute atomic E-state index is 0.185. The summed E-state index contributed by atoms with van der Waals surface area (Å²) in [7, 11) is 0. The van der Waals surface area contributed by atoms with Crippen molar-refractivity contribution in [3.05, 3.63) is 208 Å². The fourth-order valence-corrected chi connectivity index (χ4v) is 9.95. The van der Waals surface area contributed by atoms with E-state index in [9.17, 15) is 0 Å². The van der Waals surface area contributed by atoms with Gasteiger partial charge < -0.3 is 23.8 Å². The molecule has 0 radical (unpaired) electrons. The molecule has 0 aliphatic carbocycles. The van der Waals surface area contributed by atoms with Gasteiger partial charge in [-0.25, -0.2) is 0 Å². The molecule has 66 heavy (non-hydrogen) atoms. The van der Waals surface area contributed by atoms with Crippen molar-refractivity contribution in [3.63, 3.8) is 0 Å². The van der Waals surface area contributed by atoms with Crippen LogP contribution in [0.1, 0.15) is 88.9 Å². The molecule has 4 heterocycles. The molecule has 0 saturated carbocycles. The highest BCUT2D eigenvalue weighted by Crippen LogP contribution is 2.41. The van der Waals surface area contributed by atoms with Gasteiger partial charge in [0.1, 0.15) is 43.2 Å². The normalized spacial score (nSPS) is 16.3. The molecular weight excluding hydrogens is 817 g/mol. The predicted molar refractivity (Wildman–Crippen MR) is 264 cm³/mol. The van der Waals surface area contributed by atoms with Crippen molar-refractivity contribution in [2.75, 3.05) is 44.9 Å². The molecular formula is C58H62N4O4. The van der Waals surface area contributed by atoms with Crippen LogP contribution in [0.15, 0.2) is 147 Å². The van der Waals surface area contributed by atoms with Gasteiger partial charge in [-0.2, -0.15) is 0 Å². The van der Waals surface area contributed by atoms with Crippen molar-refractivity contribution in [3.8, 4) is 23.0 Å². The summed E-state index contributed by atoms with van der Waals surface area (Å²) >= 11 is 0. The molecule has 0 aromatic heterocycles. The smallest absolute Gasteiger partial charge is 0.161 e. The number of fused-ring (bicyclic) bond motifs is 4. The highest BCUT2D eigenvalue weighted by Gasteiger charge is 2.30. The van der Waals surface area contributed by atoms with Crippen LogP contribution in [0.5, 0.6) is 23.0 Å². The average Bonchev–Trinajstić information content (AvgIpc) is 3.34. The standard InChI is InChI=1S/C58H62N4O4/c1-7-25-59-33-44-28-48(15-21-53(44)63-37-59)57(3,4)50-17-23-55-46(30-50)35-61(39-65-55)32-43-11-9-41(10-12-43)27-42-13-19-52(20-14-42)62-36-47-31-51(18-24-56(47)66-40-62)58(5,6)49-16-22-54-45(29-49)34-60(26-8-2)38-64-54/h7-24,28-31H,1-2,25-27,32-40H2,3-6H3. The maximum Gasteiger partial charge on any atom is 0.161 e. The first-order valence-corrected chi connectivity index (χ1v) is 23.4. The minimum Gasteiger partial charge on any atom is -0.478 e. The summed E-state index contributed by atoms with van der Waals surface area (Å²) in [6.07, 6.45) is 4.75. The topological polar surface area (TPSA) is 49.9 Å². The molecule has 0 saturated heterocycles. The Morgan fingerprint density at radius 2 is 0.803 bits per heavy atom. The summed E-state index contributed by atoms with van der Waals surface area (Å²) < 4.78 is 24.7. The molecule has 8 nitrogen and oxygen atoms in total. The van der Waals surface area contributed by atoms with Crippen molar-refractivity contribution in [1.29, 1.82) is 0 Å². The van der Waals surface area contributed by atoms with E-state index in [2.05, 4.69) is 182 Å². The van der Waals surface area contributed by atoms with Crippen LogP contribution in [0.3, 0.4) is 0 Å². The van der Waals surface area contributed by atoms with E-state index in [4.69, 9.17) is 18.9 Å². The van der Waals surface area contributed by atoms with E-state index >= 15 is 0 Å². The number of nitrogens with zero attached hydrogens (tertiary/aromatic N) is 4. The maximum absolute atomic E-state index is 6.32. The van der Waals surface area contributed by atoms with Crippen molar-refractivity contribution >= 4 is 5.69 Å². The number of ether oxygens (including phenoxy) is 4. The molecule has 10 rings (SSSR count). The minimum atomic E-state index is -0.195. The fourth-order valence-electron chi connectivity index (χ4n) is 9.95. The summed E-state index contributed by atoms with van der Waals surface area (Å²) in [6.45, 7) is 25.2. The summed E-state index contributed by atoms with van der Waals surface area (Å²) in [5.74, 6) is 3.90. The Bertz CT molecular complexity index is 2740. The van der Waals surface area contributed by atoms with E-state index in [-0.39, 0.29) is 10.8 Å². The largest absolute Gasteiger partial charge is 0.478 e. The molecule has 4 aliphatic rings. The zero-order valence-electron chi connectivity index (χ0n) is 39.0. The van der Waals surface area contributed by atoms with E-state index in [0.717, 1.165) is 80.9 Å². The maximum atomic E-state index is 6.32. The zero-order valence-corrected chi connectivity index (χ0v) is 39.0. The van der Waals surface area contributed by atoms with Crippen LogP contribution in [0.2, 0.25) is 0 Å². The Morgan fingerprint density at radius 3 is 1.24 bits per heavy atom. The quantitative estimate of drug-likeness (QED) is 0.106. The van der Waals surface area contributed by atoms with Gasteiger partial charge >= 0.3 is 0 Å². The van der Waals surface area contributed by atoms with Gasteiger partial charge in [0.2, 0.25) is 0 Å². The summed E-state index contributed by atoms with van der Waals surface area (Å²) in [5, 5.41) is 0. The number of rotatable bonds is 13. The van der Waals surface area contributed by atoms with Crippen molar-refractivity contribution < 1.29 is 18.9 Å². The molecule has 0 atom stereocenters. The van der Waals surface area contributed by atoms with Gasteiger partial charge in [-0.15, -0.1) is 13.2 Å². The lowest BCUT2D eigenvalue weighted by atomic mass is 9.77. The van der Waals surface area contributed by atoms with Crippen LogP contribution in [0.4, 0.5) is 5.69 Å². The Morgan fingerprint density at radius 1 is 0.439 bits per heavy atom. The van der Waals surface area contributed by atoms with Crippen molar-refractivity contribution in [2.24, 2.45) is 0 Å². The van der Waals surface area contributed by atoms with E-state index in [1.54, 1.807) is 0 Å². The molecule has 4 aliphatic heterocycles. The Hall–Kier alpha value is -6.32. The summed E-state index contributed by atoms with van der Waals surface area (Å²) in [4.78, 5) is 9.21. The van der Waals surface area contributed by atoms with E-state index in [1.807, 2.05) is 12.2 Å². The second-order valence-corrected chi connectivity index (χ2v) is 19.6. The number of hydrogen-bond donors (Lipinski definition) is 0. The number of hydrogen-bond acceptors (Lipinski definition) is 8. The first kappa shape index (κ1) is 43.6. The van der Waals surface area contributed by atoms with E-state index in [1.165, 1.54) is 61.2 Å². The SMILES string of the molecule is C=CCN1COc2ccc(C(C)(C)c3ccc4c(c3)CN(Cc3ccc(Cc5ccc(N6COc7ccc(C(C)(C)c8ccc9c(c8)CN(CC=C)CO9)cc7C6)cc5)cc3)CO4)cc2C1. The van der Waals surface area contributed by atoms with Crippen LogP contribution in [-0.2, 0) is 50.0 Å². The third kappa shape index (κ3) is 8.98. The second kappa shape index (κ2) is 18.2. The lowest BCUT2D eigenvalue weighted by Gasteiger charge is -2.34. The molecule has 8 heteroatoms. The summed E-state index contributed by atoms with van der Waals surface area (Å²) in [5.41, 5.74) is 14.6. The molecule has 6 aromatic carbocycles. The molecule has 0 N–H and O–H groups in total. The average molecular weight is 879 g/mol. The Balaban J connectivity index is 0.748. The van der Waals surface area contributed by atoms with Crippen LogP contribution in [0.25, 0.3) is 0 Å². The summed E-state index contributed by atoms with van der Waals surface area (Å²) in [6, 6.07) is 44.8. The highest BCUT2D eigenvalue weighted by atomic mass is 16.5. The molecule has 0 fully saturated rings. The van der Waals surface area contributed by atoms with Crippen LogP contribution >= 0.6 is 0 Å². The van der Waals surface area contributed by atoms with Crippen LogP contribution in [-0.4, -0.2) is 54.7 Å². The second-order valence-electron chi connectivity index (χ2n) is 19.6. The monoisotopic (exact) mass is 878 g/mol. The van der Waals surface area contributed by atoms with Crippen LogP contribution < -0.4 is 23.8 Å². The molecule has 338 valence electrons. The molecule has 0 unspecified atom stereocenters. The molecule has 0 bridgehead atoms. The first-order valence-electron chi connectivity index (χ1n) is 23.4. The van der Waals surface area contributed by atoms with Gasteiger partial charge in [0.25, 0.3) is 0 Å². The van der Waals surface area contributed by atoms with Gasteiger partial charge in [-0.05, 0) is 106 Å². The van der Waals surface area contributed by atoms with Crippen molar-refractivity contribution in [1.82, 2.24) is 14.7 Å². The zero-order chi connectivity index (χ0) is 45.4. The van der Waals surface area contributed by atoms with Gasteiger partial charge in [0, 0.05) is 84.6 Å². The van der Waals surface area contributed by atoms with Gasteiger partial charge in [-0.1, -0.05) is 101 Å². The molecule has 0 amide bonds. The van der Waals surface area contributed by atoms with Gasteiger partial charge in [-0.3, -0.25) is 14.7 Å². The Kier molecular flexibility index (Phi) is 12.0. The first-order chi connectivity index (χ1) is 32.0.